The third kappa shape index (κ3) is 2.90. The minimum absolute atomic E-state index is 0.0594. The van der Waals surface area contributed by atoms with Crippen LogP contribution in [0.4, 0.5) is 8.78 Å². The van der Waals surface area contributed by atoms with Gasteiger partial charge in [-0.15, -0.1) is 0 Å². The molecule has 1 aliphatic rings. The molecule has 0 aromatic carbocycles. The molecule has 94 valence electrons. The Labute approximate surface area is 108 Å². The highest BCUT2D eigenvalue weighted by Gasteiger charge is 2.61. The first-order chi connectivity index (χ1) is 7.36. The van der Waals surface area contributed by atoms with E-state index in [1.807, 2.05) is 6.92 Å². The summed E-state index contributed by atoms with van der Waals surface area (Å²) in [4.78, 5) is 11.9. The molecule has 1 rings (SSSR count). The van der Waals surface area contributed by atoms with Crippen molar-refractivity contribution in [1.82, 2.24) is 0 Å². The van der Waals surface area contributed by atoms with E-state index in [1.54, 1.807) is 22.6 Å². The number of rotatable bonds is 4. The van der Waals surface area contributed by atoms with Gasteiger partial charge in [0.2, 0.25) is 0 Å². The van der Waals surface area contributed by atoms with E-state index in [-0.39, 0.29) is 6.61 Å². The third-order valence-electron chi connectivity index (χ3n) is 2.10. The fraction of sp³-hybridized carbons (Fsp3) is 0.778. The first-order valence-electron chi connectivity index (χ1n) is 5.05. The Morgan fingerprint density at radius 2 is 2.25 bits per heavy atom. The zero-order valence-corrected chi connectivity index (χ0v) is 12.1. The van der Waals surface area contributed by atoms with Gasteiger partial charge < -0.3 is 4.89 Å². The van der Waals surface area contributed by atoms with Crippen molar-refractivity contribution < 1.29 is 22.7 Å². The standard InChI is InChI=1S/C9H14F2IO3P/c1-3-5-8-7(12)6-9(10,11)16(13,15-8)14-4-2/h6,8H,3-5H2,1-2H3. The number of halogens is 3. The molecule has 3 nitrogen and oxygen atoms in total. The van der Waals surface area contributed by atoms with Gasteiger partial charge in [0.25, 0.3) is 0 Å². The van der Waals surface area contributed by atoms with Crippen molar-refractivity contribution in [3.05, 3.63) is 9.66 Å². The highest BCUT2D eigenvalue weighted by atomic mass is 127. The zero-order valence-electron chi connectivity index (χ0n) is 9.08. The van der Waals surface area contributed by atoms with Crippen LogP contribution < -0.4 is 4.89 Å². The molecule has 2 unspecified atom stereocenters. The first kappa shape index (κ1) is 14.7. The molecular weight excluding hydrogens is 352 g/mol. The van der Waals surface area contributed by atoms with E-state index < -0.39 is 19.7 Å². The van der Waals surface area contributed by atoms with Crippen LogP contribution in [0, 0.1) is 0 Å². The minimum Gasteiger partial charge on any atom is -0.626 e. The second kappa shape index (κ2) is 5.52. The monoisotopic (exact) mass is 366 g/mol. The maximum Gasteiger partial charge on any atom is 0.423 e. The van der Waals surface area contributed by atoms with E-state index in [0.29, 0.717) is 16.1 Å². The Kier molecular flexibility index (Phi) is 5.07. The van der Waals surface area contributed by atoms with Crippen LogP contribution in [0.1, 0.15) is 26.7 Å². The van der Waals surface area contributed by atoms with Crippen LogP contribution in [0.3, 0.4) is 0 Å². The summed E-state index contributed by atoms with van der Waals surface area (Å²) in [5.41, 5.74) is -3.52. The van der Waals surface area contributed by atoms with Crippen LogP contribution in [-0.4, -0.2) is 18.4 Å². The Hall–Kier alpha value is 0.640. The van der Waals surface area contributed by atoms with Crippen molar-refractivity contribution in [1.29, 1.82) is 0 Å². The Morgan fingerprint density at radius 3 is 2.75 bits per heavy atom. The van der Waals surface area contributed by atoms with Crippen molar-refractivity contribution in [3.8, 4) is 0 Å². The average molecular weight is 366 g/mol. The lowest BCUT2D eigenvalue weighted by molar-refractivity contribution is -0.242. The van der Waals surface area contributed by atoms with E-state index >= 15 is 0 Å². The number of hydrogen-bond acceptors (Lipinski definition) is 3. The van der Waals surface area contributed by atoms with E-state index in [9.17, 15) is 13.7 Å². The van der Waals surface area contributed by atoms with Crippen LogP contribution in [0.5, 0.6) is 0 Å². The predicted molar refractivity (Wildman–Crippen MR) is 65.4 cm³/mol. The number of hydrogen-bond donors (Lipinski definition) is 0. The van der Waals surface area contributed by atoms with Crippen molar-refractivity contribution >= 4 is 30.5 Å². The fourth-order valence-electron chi connectivity index (χ4n) is 1.37. The minimum atomic E-state index is -4.35. The van der Waals surface area contributed by atoms with Crippen molar-refractivity contribution in [2.45, 2.75) is 38.5 Å². The van der Waals surface area contributed by atoms with Gasteiger partial charge in [-0.1, -0.05) is 13.3 Å². The summed E-state index contributed by atoms with van der Waals surface area (Å²) in [6, 6.07) is 0. The van der Waals surface area contributed by atoms with Gasteiger partial charge in [0.1, 0.15) is 6.10 Å². The molecule has 0 N–H and O–H groups in total. The average Bonchev–Trinajstić information content (AvgIpc) is 2.14. The molecule has 0 fully saturated rings. The van der Waals surface area contributed by atoms with Gasteiger partial charge in [-0.05, 0) is 35.9 Å². The summed E-state index contributed by atoms with van der Waals surface area (Å²) in [7, 11) is -4.35. The summed E-state index contributed by atoms with van der Waals surface area (Å²) in [5.74, 6) is 0. The lowest BCUT2D eigenvalue weighted by atomic mass is 10.2. The van der Waals surface area contributed by atoms with E-state index in [2.05, 4.69) is 4.52 Å². The van der Waals surface area contributed by atoms with E-state index in [0.717, 1.165) is 6.42 Å². The lowest BCUT2D eigenvalue weighted by Gasteiger charge is -2.37. The van der Waals surface area contributed by atoms with Gasteiger partial charge in [0.15, 0.2) is 0 Å². The summed E-state index contributed by atoms with van der Waals surface area (Å²) in [5, 5.41) is 0. The molecule has 1 heterocycles. The molecule has 16 heavy (non-hydrogen) atoms. The van der Waals surface area contributed by atoms with Gasteiger partial charge in [0, 0.05) is 9.66 Å². The van der Waals surface area contributed by atoms with Gasteiger partial charge in [-0.3, -0.25) is 0 Å². The largest absolute Gasteiger partial charge is 0.626 e. The summed E-state index contributed by atoms with van der Waals surface area (Å²) >= 11 is 1.79. The zero-order chi connectivity index (χ0) is 12.4. The second-order valence-electron chi connectivity index (χ2n) is 3.41. The Bertz CT molecular complexity index is 288. The molecular formula is C9H14F2IO3P. The molecule has 0 spiro atoms. The molecule has 0 aliphatic carbocycles. The van der Waals surface area contributed by atoms with Crippen molar-refractivity contribution in [3.63, 3.8) is 0 Å². The topological polar surface area (TPSA) is 41.5 Å². The van der Waals surface area contributed by atoms with Gasteiger partial charge in [-0.25, -0.2) is 4.52 Å². The molecule has 7 heteroatoms. The van der Waals surface area contributed by atoms with Crippen LogP contribution in [0.2, 0.25) is 0 Å². The smallest absolute Gasteiger partial charge is 0.423 e. The Morgan fingerprint density at radius 1 is 1.62 bits per heavy atom. The third-order valence-corrected chi connectivity index (χ3v) is 5.10. The quantitative estimate of drug-likeness (QED) is 0.567. The van der Waals surface area contributed by atoms with Gasteiger partial charge in [-0.2, -0.15) is 13.3 Å². The molecule has 1 aliphatic heterocycles. The van der Waals surface area contributed by atoms with E-state index in [1.165, 1.54) is 6.92 Å². The molecule has 0 aromatic rings. The van der Waals surface area contributed by atoms with Crippen LogP contribution in [0.15, 0.2) is 9.66 Å². The van der Waals surface area contributed by atoms with Crippen LogP contribution in [0.25, 0.3) is 0 Å². The molecule has 0 saturated heterocycles. The molecule has 0 bridgehead atoms. The Balaban J connectivity index is 2.96. The molecule has 2 atom stereocenters. The lowest BCUT2D eigenvalue weighted by Crippen LogP contribution is -2.38. The fourth-order valence-corrected chi connectivity index (χ4v) is 4.21. The van der Waals surface area contributed by atoms with Crippen molar-refractivity contribution in [2.24, 2.45) is 0 Å². The van der Waals surface area contributed by atoms with E-state index in [4.69, 9.17) is 4.52 Å². The predicted octanol–water partition coefficient (Wildman–Crippen LogP) is 3.26. The molecule has 0 amide bonds. The maximum atomic E-state index is 13.5. The molecule has 0 radical (unpaired) electrons. The number of allylic oxidation sites excluding steroid dienone is 1. The van der Waals surface area contributed by atoms with Gasteiger partial charge >= 0.3 is 13.6 Å². The summed E-state index contributed by atoms with van der Waals surface area (Å²) < 4.78 is 37.0. The molecule has 0 saturated carbocycles. The van der Waals surface area contributed by atoms with Crippen LogP contribution >= 0.6 is 30.5 Å². The SMILES string of the molecule is CCCC1O[P+]([O-])(OCC)C(F)(F)C=C1I. The highest BCUT2D eigenvalue weighted by Crippen LogP contribution is 2.69. The van der Waals surface area contributed by atoms with Crippen molar-refractivity contribution in [2.75, 3.05) is 6.61 Å². The maximum absolute atomic E-state index is 13.5. The normalized spacial score (nSPS) is 33.6. The second-order valence-corrected chi connectivity index (χ2v) is 6.72. The molecule has 0 aromatic heterocycles. The highest BCUT2D eigenvalue weighted by molar-refractivity contribution is 14.1. The summed E-state index contributed by atoms with van der Waals surface area (Å²) in [6.45, 7) is 3.36. The summed E-state index contributed by atoms with van der Waals surface area (Å²) in [6.07, 6.45) is 1.49. The van der Waals surface area contributed by atoms with Crippen LogP contribution in [-0.2, 0) is 9.05 Å². The number of alkyl halides is 2. The first-order valence-corrected chi connectivity index (χ1v) is 7.67. The van der Waals surface area contributed by atoms with Gasteiger partial charge in [0.05, 0.1) is 6.61 Å².